The second kappa shape index (κ2) is 10.4. The Kier molecular flexibility index (Phi) is 8.89. The summed E-state index contributed by atoms with van der Waals surface area (Å²) in [6.45, 7) is 3.16. The van der Waals surface area contributed by atoms with Crippen molar-refractivity contribution in [3.8, 4) is 5.75 Å². The highest BCUT2D eigenvalue weighted by Crippen LogP contribution is 2.19. The van der Waals surface area contributed by atoms with Crippen LogP contribution in [-0.2, 0) is 9.53 Å². The van der Waals surface area contributed by atoms with Gasteiger partial charge in [-0.2, -0.15) is 0 Å². The van der Waals surface area contributed by atoms with Crippen molar-refractivity contribution >= 4 is 24.0 Å². The number of halogens is 1. The average molecular weight is 329 g/mol. The largest absolute Gasteiger partial charge is 0.491 e. The summed E-state index contributed by atoms with van der Waals surface area (Å²) in [6, 6.07) is 7.46. The van der Waals surface area contributed by atoms with E-state index in [1.807, 2.05) is 24.3 Å². The Morgan fingerprint density at radius 2 is 2.27 bits per heavy atom. The van der Waals surface area contributed by atoms with Crippen molar-refractivity contribution in [3.63, 3.8) is 0 Å². The zero-order valence-electron chi connectivity index (χ0n) is 13.0. The third kappa shape index (κ3) is 6.64. The van der Waals surface area contributed by atoms with Crippen LogP contribution >= 0.6 is 12.4 Å². The molecular weight excluding hydrogens is 304 g/mol. The molecular formula is C16H25ClN2O3. The van der Waals surface area contributed by atoms with E-state index >= 15 is 0 Å². The third-order valence-electron chi connectivity index (χ3n) is 3.62. The molecule has 0 aliphatic carbocycles. The number of amides is 1. The molecule has 0 spiro atoms. The molecule has 6 heteroatoms. The zero-order valence-corrected chi connectivity index (χ0v) is 13.8. The van der Waals surface area contributed by atoms with Crippen LogP contribution in [0.3, 0.4) is 0 Å². The number of hydrogen-bond acceptors (Lipinski definition) is 4. The summed E-state index contributed by atoms with van der Waals surface area (Å²) in [7, 11) is 1.64. The summed E-state index contributed by atoms with van der Waals surface area (Å²) in [6.07, 6.45) is 2.69. The summed E-state index contributed by atoms with van der Waals surface area (Å²) in [4.78, 5) is 11.9. The Bertz CT molecular complexity index is 451. The van der Waals surface area contributed by atoms with Gasteiger partial charge in [0, 0.05) is 25.3 Å². The zero-order chi connectivity index (χ0) is 14.9. The molecule has 2 rings (SSSR count). The Hall–Kier alpha value is -1.30. The molecule has 2 N–H and O–H groups in total. The van der Waals surface area contributed by atoms with Crippen LogP contribution in [0.15, 0.2) is 24.3 Å². The predicted molar refractivity (Wildman–Crippen MR) is 89.9 cm³/mol. The van der Waals surface area contributed by atoms with Crippen molar-refractivity contribution in [3.05, 3.63) is 24.3 Å². The van der Waals surface area contributed by atoms with Gasteiger partial charge in [-0.3, -0.25) is 4.79 Å². The summed E-state index contributed by atoms with van der Waals surface area (Å²) in [5.41, 5.74) is 0.777. The number of rotatable bonds is 8. The van der Waals surface area contributed by atoms with Gasteiger partial charge in [-0.25, -0.2) is 0 Å². The molecule has 0 aromatic heterocycles. The Morgan fingerprint density at radius 3 is 3.00 bits per heavy atom. The highest BCUT2D eigenvalue weighted by molar-refractivity contribution is 5.90. The SMILES string of the molecule is COCCOc1cccc(NC(=O)CCC2CCNC2)c1.Cl. The summed E-state index contributed by atoms with van der Waals surface area (Å²) in [5.74, 6) is 1.44. The molecule has 1 unspecified atom stereocenters. The van der Waals surface area contributed by atoms with E-state index in [0.29, 0.717) is 25.6 Å². The standard InChI is InChI=1S/C16H24N2O3.ClH/c1-20-9-10-21-15-4-2-3-14(11-15)18-16(19)6-5-13-7-8-17-12-13;/h2-4,11,13,17H,5-10,12H2,1H3,(H,18,19);1H. The summed E-state index contributed by atoms with van der Waals surface area (Å²) < 4.78 is 10.5. The Labute approximate surface area is 138 Å². The van der Waals surface area contributed by atoms with Gasteiger partial charge in [0.15, 0.2) is 0 Å². The maximum atomic E-state index is 11.9. The molecule has 22 heavy (non-hydrogen) atoms. The van der Waals surface area contributed by atoms with Crippen LogP contribution in [-0.4, -0.2) is 39.3 Å². The number of hydrogen-bond donors (Lipinski definition) is 2. The molecule has 1 aliphatic heterocycles. The summed E-state index contributed by atoms with van der Waals surface area (Å²) in [5, 5.41) is 6.25. The van der Waals surface area contributed by atoms with E-state index in [1.54, 1.807) is 7.11 Å². The third-order valence-corrected chi connectivity index (χ3v) is 3.62. The Morgan fingerprint density at radius 1 is 1.41 bits per heavy atom. The second-order valence-corrected chi connectivity index (χ2v) is 5.31. The lowest BCUT2D eigenvalue weighted by atomic mass is 10.0. The minimum Gasteiger partial charge on any atom is -0.491 e. The van der Waals surface area contributed by atoms with Crippen LogP contribution in [0.1, 0.15) is 19.3 Å². The van der Waals surface area contributed by atoms with E-state index < -0.39 is 0 Å². The van der Waals surface area contributed by atoms with Crippen LogP contribution in [0.25, 0.3) is 0 Å². The van der Waals surface area contributed by atoms with Gasteiger partial charge in [-0.05, 0) is 44.0 Å². The van der Waals surface area contributed by atoms with Crippen molar-refractivity contribution in [2.45, 2.75) is 19.3 Å². The topological polar surface area (TPSA) is 59.6 Å². The highest BCUT2D eigenvalue weighted by Gasteiger charge is 2.15. The predicted octanol–water partition coefficient (Wildman–Crippen LogP) is 2.46. The van der Waals surface area contributed by atoms with E-state index in [0.717, 1.165) is 30.9 Å². The molecule has 0 saturated carbocycles. The molecule has 1 aromatic rings. The fourth-order valence-electron chi connectivity index (χ4n) is 2.43. The molecule has 1 fully saturated rings. The molecule has 0 radical (unpaired) electrons. The maximum absolute atomic E-state index is 11.9. The van der Waals surface area contributed by atoms with Crippen LogP contribution in [0.4, 0.5) is 5.69 Å². The lowest BCUT2D eigenvalue weighted by molar-refractivity contribution is -0.116. The van der Waals surface area contributed by atoms with Crippen LogP contribution in [0, 0.1) is 5.92 Å². The van der Waals surface area contributed by atoms with Gasteiger partial charge in [0.1, 0.15) is 12.4 Å². The number of anilines is 1. The fraction of sp³-hybridized carbons (Fsp3) is 0.562. The molecule has 1 saturated heterocycles. The lowest BCUT2D eigenvalue weighted by Gasteiger charge is -2.10. The van der Waals surface area contributed by atoms with Gasteiger partial charge >= 0.3 is 0 Å². The maximum Gasteiger partial charge on any atom is 0.224 e. The van der Waals surface area contributed by atoms with Crippen molar-refractivity contribution in [1.29, 1.82) is 0 Å². The van der Waals surface area contributed by atoms with E-state index in [2.05, 4.69) is 10.6 Å². The number of ether oxygens (including phenoxy) is 2. The minimum atomic E-state index is 0. The normalized spacial score (nSPS) is 16.9. The molecule has 1 atom stereocenters. The van der Waals surface area contributed by atoms with Gasteiger partial charge in [0.2, 0.25) is 5.91 Å². The average Bonchev–Trinajstić information content (AvgIpc) is 2.99. The monoisotopic (exact) mass is 328 g/mol. The molecule has 1 amide bonds. The van der Waals surface area contributed by atoms with Crippen molar-refractivity contribution < 1.29 is 14.3 Å². The van der Waals surface area contributed by atoms with E-state index in [1.165, 1.54) is 6.42 Å². The number of methoxy groups -OCH3 is 1. The first-order valence-electron chi connectivity index (χ1n) is 7.50. The molecule has 5 nitrogen and oxygen atoms in total. The lowest BCUT2D eigenvalue weighted by Crippen LogP contribution is -2.15. The second-order valence-electron chi connectivity index (χ2n) is 5.31. The molecule has 124 valence electrons. The quantitative estimate of drug-likeness (QED) is 0.720. The molecule has 1 aliphatic rings. The number of carbonyl (C=O) groups is 1. The van der Waals surface area contributed by atoms with Gasteiger partial charge in [-0.1, -0.05) is 6.07 Å². The molecule has 1 heterocycles. The smallest absolute Gasteiger partial charge is 0.224 e. The van der Waals surface area contributed by atoms with Gasteiger partial charge in [0.05, 0.1) is 6.61 Å². The van der Waals surface area contributed by atoms with Gasteiger partial charge in [-0.15, -0.1) is 12.4 Å². The summed E-state index contributed by atoms with van der Waals surface area (Å²) >= 11 is 0. The molecule has 1 aromatic carbocycles. The van der Waals surface area contributed by atoms with Gasteiger partial charge in [0.25, 0.3) is 0 Å². The van der Waals surface area contributed by atoms with E-state index in [9.17, 15) is 4.79 Å². The highest BCUT2D eigenvalue weighted by atomic mass is 35.5. The van der Waals surface area contributed by atoms with Crippen molar-refractivity contribution in [1.82, 2.24) is 5.32 Å². The first-order chi connectivity index (χ1) is 10.3. The Balaban J connectivity index is 0.00000242. The van der Waals surface area contributed by atoms with Crippen LogP contribution in [0.2, 0.25) is 0 Å². The number of carbonyl (C=O) groups excluding carboxylic acids is 1. The number of benzene rings is 1. The first-order valence-corrected chi connectivity index (χ1v) is 7.50. The van der Waals surface area contributed by atoms with Crippen molar-refractivity contribution in [2.75, 3.05) is 38.7 Å². The van der Waals surface area contributed by atoms with Crippen LogP contribution in [0.5, 0.6) is 5.75 Å². The minimum absolute atomic E-state index is 0. The number of nitrogens with one attached hydrogen (secondary N) is 2. The van der Waals surface area contributed by atoms with Gasteiger partial charge < -0.3 is 20.1 Å². The van der Waals surface area contributed by atoms with Crippen molar-refractivity contribution in [2.24, 2.45) is 5.92 Å². The van der Waals surface area contributed by atoms with E-state index in [4.69, 9.17) is 9.47 Å². The van der Waals surface area contributed by atoms with E-state index in [-0.39, 0.29) is 18.3 Å². The van der Waals surface area contributed by atoms with Crippen LogP contribution < -0.4 is 15.4 Å². The first kappa shape index (κ1) is 18.7. The molecule has 0 bridgehead atoms. The fourth-order valence-corrected chi connectivity index (χ4v) is 2.43.